The van der Waals surface area contributed by atoms with E-state index in [9.17, 15) is 9.59 Å². The fourth-order valence-electron chi connectivity index (χ4n) is 3.44. The Balaban J connectivity index is 1.65. The van der Waals surface area contributed by atoms with Crippen LogP contribution in [0, 0.1) is 12.8 Å². The molecule has 1 aromatic carbocycles. The molecule has 0 unspecified atom stereocenters. The molecule has 5 heteroatoms. The van der Waals surface area contributed by atoms with E-state index in [1.165, 1.54) is 11.1 Å². The Morgan fingerprint density at radius 1 is 1.35 bits per heavy atom. The van der Waals surface area contributed by atoms with Gasteiger partial charge in [-0.15, -0.1) is 0 Å². The van der Waals surface area contributed by atoms with Gasteiger partial charge in [0.05, 0.1) is 5.92 Å². The molecule has 1 saturated heterocycles. The fourth-order valence-corrected chi connectivity index (χ4v) is 3.44. The summed E-state index contributed by atoms with van der Waals surface area (Å²) in [5, 5.41) is 2.91. The fraction of sp³-hybridized carbons (Fsp3) is 0.381. The van der Waals surface area contributed by atoms with Gasteiger partial charge < -0.3 is 10.2 Å². The molecule has 26 heavy (non-hydrogen) atoms. The zero-order valence-electron chi connectivity index (χ0n) is 15.5. The van der Waals surface area contributed by atoms with Crippen LogP contribution >= 0.6 is 0 Å². The number of nitrogens with zero attached hydrogens (tertiary/aromatic N) is 2. The molecule has 1 aliphatic rings. The van der Waals surface area contributed by atoms with E-state index in [2.05, 4.69) is 37.1 Å². The van der Waals surface area contributed by atoms with Crippen molar-refractivity contribution in [2.45, 2.75) is 39.7 Å². The summed E-state index contributed by atoms with van der Waals surface area (Å²) in [6, 6.07) is 9.86. The Morgan fingerprint density at radius 3 is 2.81 bits per heavy atom. The second kappa shape index (κ2) is 7.68. The SMILES string of the molecule is Cc1cc(N2C[C@H](C(=O)NCc3cccnc3)CC2=O)ccc1C(C)C. The number of anilines is 1. The van der Waals surface area contributed by atoms with Gasteiger partial charge in [0, 0.05) is 37.6 Å². The topological polar surface area (TPSA) is 62.3 Å². The van der Waals surface area contributed by atoms with Crippen molar-refractivity contribution < 1.29 is 9.59 Å². The molecule has 2 heterocycles. The largest absolute Gasteiger partial charge is 0.352 e. The Morgan fingerprint density at radius 2 is 2.15 bits per heavy atom. The maximum atomic E-state index is 12.4. The van der Waals surface area contributed by atoms with Gasteiger partial charge in [0.2, 0.25) is 11.8 Å². The third-order valence-corrected chi connectivity index (χ3v) is 4.87. The number of hydrogen-bond donors (Lipinski definition) is 1. The van der Waals surface area contributed by atoms with Gasteiger partial charge in [-0.3, -0.25) is 14.6 Å². The number of amides is 2. The number of hydrogen-bond acceptors (Lipinski definition) is 3. The van der Waals surface area contributed by atoms with Crippen LogP contribution in [0.5, 0.6) is 0 Å². The van der Waals surface area contributed by atoms with E-state index < -0.39 is 0 Å². The molecule has 1 N–H and O–H groups in total. The first-order chi connectivity index (χ1) is 12.5. The molecular formula is C21H25N3O2. The number of carbonyl (C=O) groups is 2. The summed E-state index contributed by atoms with van der Waals surface area (Å²) in [7, 11) is 0. The summed E-state index contributed by atoms with van der Waals surface area (Å²) in [5.41, 5.74) is 4.28. The summed E-state index contributed by atoms with van der Waals surface area (Å²) in [6.07, 6.45) is 3.68. The van der Waals surface area contributed by atoms with Crippen molar-refractivity contribution in [3.05, 3.63) is 59.4 Å². The normalized spacial score (nSPS) is 17.0. The predicted molar refractivity (Wildman–Crippen MR) is 102 cm³/mol. The highest BCUT2D eigenvalue weighted by molar-refractivity contribution is 6.00. The van der Waals surface area contributed by atoms with E-state index in [-0.39, 0.29) is 24.2 Å². The molecule has 0 bridgehead atoms. The van der Waals surface area contributed by atoms with Crippen molar-refractivity contribution in [2.24, 2.45) is 5.92 Å². The average molecular weight is 351 g/mol. The van der Waals surface area contributed by atoms with Gasteiger partial charge in [-0.1, -0.05) is 26.0 Å². The lowest BCUT2D eigenvalue weighted by atomic mass is 9.97. The first-order valence-corrected chi connectivity index (χ1v) is 9.03. The second-order valence-corrected chi connectivity index (χ2v) is 7.18. The van der Waals surface area contributed by atoms with Crippen LogP contribution in [0.1, 0.15) is 42.9 Å². The van der Waals surface area contributed by atoms with E-state index in [1.54, 1.807) is 17.3 Å². The highest BCUT2D eigenvalue weighted by atomic mass is 16.2. The van der Waals surface area contributed by atoms with Crippen molar-refractivity contribution >= 4 is 17.5 Å². The lowest BCUT2D eigenvalue weighted by Crippen LogP contribution is -2.32. The van der Waals surface area contributed by atoms with Crippen molar-refractivity contribution in [2.75, 3.05) is 11.4 Å². The van der Waals surface area contributed by atoms with Gasteiger partial charge in [0.1, 0.15) is 0 Å². The zero-order chi connectivity index (χ0) is 18.7. The second-order valence-electron chi connectivity index (χ2n) is 7.18. The van der Waals surface area contributed by atoms with Crippen LogP contribution in [-0.2, 0) is 16.1 Å². The summed E-state index contributed by atoms with van der Waals surface area (Å²) in [4.78, 5) is 30.6. The van der Waals surface area contributed by atoms with Crippen molar-refractivity contribution in [3.8, 4) is 0 Å². The van der Waals surface area contributed by atoms with Crippen LogP contribution in [0.4, 0.5) is 5.69 Å². The number of aryl methyl sites for hydroxylation is 1. The Hall–Kier alpha value is -2.69. The van der Waals surface area contributed by atoms with Gasteiger partial charge in [-0.25, -0.2) is 0 Å². The molecule has 5 nitrogen and oxygen atoms in total. The van der Waals surface area contributed by atoms with Crippen LogP contribution < -0.4 is 10.2 Å². The first kappa shape index (κ1) is 18.1. The Labute approximate surface area is 154 Å². The number of aromatic nitrogens is 1. The van der Waals surface area contributed by atoms with E-state index in [0.717, 1.165) is 11.3 Å². The van der Waals surface area contributed by atoms with Crippen molar-refractivity contribution in [3.63, 3.8) is 0 Å². The molecule has 2 aromatic rings. The summed E-state index contributed by atoms with van der Waals surface area (Å²) < 4.78 is 0. The van der Waals surface area contributed by atoms with Crippen molar-refractivity contribution in [1.29, 1.82) is 0 Å². The lowest BCUT2D eigenvalue weighted by Gasteiger charge is -2.19. The summed E-state index contributed by atoms with van der Waals surface area (Å²) >= 11 is 0. The monoisotopic (exact) mass is 351 g/mol. The maximum absolute atomic E-state index is 12.4. The highest BCUT2D eigenvalue weighted by Crippen LogP contribution is 2.29. The Kier molecular flexibility index (Phi) is 5.35. The smallest absolute Gasteiger partial charge is 0.227 e. The number of rotatable bonds is 5. The van der Waals surface area contributed by atoms with E-state index in [1.807, 2.05) is 24.3 Å². The molecule has 136 valence electrons. The molecule has 2 amide bonds. The van der Waals surface area contributed by atoms with E-state index in [0.29, 0.717) is 19.0 Å². The van der Waals surface area contributed by atoms with Crippen LogP contribution in [0.2, 0.25) is 0 Å². The van der Waals surface area contributed by atoms with Gasteiger partial charge in [-0.05, 0) is 47.7 Å². The quantitative estimate of drug-likeness (QED) is 0.900. The molecule has 1 fully saturated rings. The summed E-state index contributed by atoms with van der Waals surface area (Å²) in [6.45, 7) is 7.24. The number of nitrogens with one attached hydrogen (secondary N) is 1. The van der Waals surface area contributed by atoms with Crippen LogP contribution in [0.25, 0.3) is 0 Å². The highest BCUT2D eigenvalue weighted by Gasteiger charge is 2.35. The number of benzene rings is 1. The molecule has 0 aliphatic carbocycles. The minimum Gasteiger partial charge on any atom is -0.352 e. The molecule has 0 saturated carbocycles. The molecule has 1 aromatic heterocycles. The predicted octanol–water partition coefficient (Wildman–Crippen LogP) is 3.18. The zero-order valence-corrected chi connectivity index (χ0v) is 15.5. The summed E-state index contributed by atoms with van der Waals surface area (Å²) in [5.74, 6) is 0.0528. The third-order valence-electron chi connectivity index (χ3n) is 4.87. The first-order valence-electron chi connectivity index (χ1n) is 9.03. The third kappa shape index (κ3) is 3.93. The average Bonchev–Trinajstić information content (AvgIpc) is 3.02. The minimum absolute atomic E-state index is 0.00299. The minimum atomic E-state index is -0.316. The molecule has 3 rings (SSSR count). The van der Waals surface area contributed by atoms with Crippen LogP contribution in [-0.4, -0.2) is 23.3 Å². The number of carbonyl (C=O) groups excluding carboxylic acids is 2. The lowest BCUT2D eigenvalue weighted by molar-refractivity contribution is -0.126. The molecule has 1 atom stereocenters. The Bertz CT molecular complexity index is 802. The molecule has 0 radical (unpaired) electrons. The maximum Gasteiger partial charge on any atom is 0.227 e. The van der Waals surface area contributed by atoms with Gasteiger partial charge in [0.25, 0.3) is 0 Å². The van der Waals surface area contributed by atoms with E-state index in [4.69, 9.17) is 0 Å². The van der Waals surface area contributed by atoms with Gasteiger partial charge in [0.15, 0.2) is 0 Å². The standard InChI is InChI=1S/C21H25N3O2/c1-14(2)19-7-6-18(9-15(19)3)24-13-17(10-20(24)25)21(26)23-12-16-5-4-8-22-11-16/h4-9,11,14,17H,10,12-13H2,1-3H3,(H,23,26)/t17-/m1/s1. The van der Waals surface area contributed by atoms with E-state index >= 15 is 0 Å². The number of pyridine rings is 1. The van der Waals surface area contributed by atoms with Crippen LogP contribution in [0.3, 0.4) is 0 Å². The molecule has 1 aliphatic heterocycles. The van der Waals surface area contributed by atoms with Gasteiger partial charge in [-0.2, -0.15) is 0 Å². The van der Waals surface area contributed by atoms with Crippen molar-refractivity contribution in [1.82, 2.24) is 10.3 Å². The van der Waals surface area contributed by atoms with Gasteiger partial charge >= 0.3 is 0 Å². The van der Waals surface area contributed by atoms with Crippen LogP contribution in [0.15, 0.2) is 42.7 Å². The molecular weight excluding hydrogens is 326 g/mol. The molecule has 0 spiro atoms.